The molecule has 5 rings (SSSR count). The van der Waals surface area contributed by atoms with Crippen LogP contribution in [0, 0.1) is 5.82 Å². The Morgan fingerprint density at radius 2 is 1.70 bits per heavy atom. The molecule has 1 N–H and O–H groups in total. The first-order chi connectivity index (χ1) is 17.6. The molecule has 1 fully saturated rings. The molecule has 0 bridgehead atoms. The number of aliphatic hydroxyl groups excluding tert-OH is 1. The molecule has 1 atom stereocenters. The van der Waals surface area contributed by atoms with Gasteiger partial charge in [0.2, 0.25) is 0 Å². The van der Waals surface area contributed by atoms with Gasteiger partial charge < -0.3 is 5.11 Å². The zero-order chi connectivity index (χ0) is 26.5. The minimum absolute atomic E-state index is 0.0476. The third kappa shape index (κ3) is 4.44. The first-order valence-corrected chi connectivity index (χ1v) is 13.0. The number of carbonyl (C=O) groups excluding carboxylic acids is 2. The van der Waals surface area contributed by atoms with Crippen molar-refractivity contribution in [3.05, 3.63) is 100 Å². The van der Waals surface area contributed by atoms with Crippen molar-refractivity contribution in [3.63, 3.8) is 0 Å². The van der Waals surface area contributed by atoms with Crippen LogP contribution in [0.1, 0.15) is 56.0 Å². The van der Waals surface area contributed by atoms with Gasteiger partial charge in [0.15, 0.2) is 5.13 Å². The summed E-state index contributed by atoms with van der Waals surface area (Å²) >= 11 is 1.34. The molecule has 1 amide bonds. The summed E-state index contributed by atoms with van der Waals surface area (Å²) in [5.74, 6) is -2.38. The van der Waals surface area contributed by atoms with Gasteiger partial charge in [-0.1, -0.05) is 69.4 Å². The van der Waals surface area contributed by atoms with Gasteiger partial charge in [-0.05, 0) is 64.9 Å². The van der Waals surface area contributed by atoms with Crippen molar-refractivity contribution in [3.8, 4) is 0 Å². The summed E-state index contributed by atoms with van der Waals surface area (Å²) in [5.41, 5.74) is 3.78. The summed E-state index contributed by atoms with van der Waals surface area (Å²) in [6.45, 7) is 8.38. The number of nitrogens with zero attached hydrogens (tertiary/aromatic N) is 2. The van der Waals surface area contributed by atoms with Crippen LogP contribution in [-0.2, 0) is 21.4 Å². The van der Waals surface area contributed by atoms with Crippen LogP contribution in [0.25, 0.3) is 16.0 Å². The number of anilines is 1. The number of halogens is 1. The highest BCUT2D eigenvalue weighted by molar-refractivity contribution is 7.22. The van der Waals surface area contributed by atoms with E-state index in [2.05, 4.69) is 32.7 Å². The van der Waals surface area contributed by atoms with E-state index in [1.54, 1.807) is 0 Å². The number of aliphatic hydroxyl groups is 1. The highest BCUT2D eigenvalue weighted by Gasteiger charge is 2.48. The average molecular weight is 515 g/mol. The van der Waals surface area contributed by atoms with Crippen LogP contribution in [0.15, 0.2) is 72.3 Å². The minimum atomic E-state index is -0.884. The summed E-state index contributed by atoms with van der Waals surface area (Å²) in [7, 11) is 0. The molecular formula is C30H27FN2O3S. The lowest BCUT2D eigenvalue weighted by molar-refractivity contribution is -0.132. The molecule has 1 aromatic heterocycles. The number of Topliss-reactive ketones (excluding diaryl/α,β-unsaturated/α-hetero) is 1. The molecule has 0 radical (unpaired) electrons. The molecule has 2 heterocycles. The van der Waals surface area contributed by atoms with E-state index in [0.717, 1.165) is 27.8 Å². The van der Waals surface area contributed by atoms with Crippen LogP contribution in [-0.4, -0.2) is 21.8 Å². The monoisotopic (exact) mass is 514 g/mol. The quantitative estimate of drug-likeness (QED) is 0.182. The predicted octanol–water partition coefficient (Wildman–Crippen LogP) is 6.92. The fraction of sp³-hybridized carbons (Fsp3) is 0.233. The Labute approximate surface area is 218 Å². The van der Waals surface area contributed by atoms with Crippen molar-refractivity contribution in [1.29, 1.82) is 0 Å². The molecule has 7 heteroatoms. The number of rotatable bonds is 4. The van der Waals surface area contributed by atoms with E-state index in [1.165, 1.54) is 40.5 Å². The van der Waals surface area contributed by atoms with Gasteiger partial charge >= 0.3 is 5.91 Å². The van der Waals surface area contributed by atoms with Crippen molar-refractivity contribution in [2.75, 3.05) is 4.90 Å². The van der Waals surface area contributed by atoms with Gasteiger partial charge in [-0.2, -0.15) is 0 Å². The number of thiazole rings is 1. The topological polar surface area (TPSA) is 70.5 Å². The second-order valence-electron chi connectivity index (χ2n) is 10.2. The van der Waals surface area contributed by atoms with Gasteiger partial charge in [0.1, 0.15) is 11.6 Å². The number of aromatic nitrogens is 1. The molecule has 0 spiro atoms. The maximum Gasteiger partial charge on any atom is 0.301 e. The Bertz CT molecular complexity index is 1550. The van der Waals surface area contributed by atoms with Crippen molar-refractivity contribution < 1.29 is 19.1 Å². The molecular weight excluding hydrogens is 487 g/mol. The number of carbonyl (C=O) groups is 2. The number of ketones is 1. The zero-order valence-electron chi connectivity index (χ0n) is 21.1. The first kappa shape index (κ1) is 24.8. The van der Waals surface area contributed by atoms with Crippen molar-refractivity contribution in [2.24, 2.45) is 0 Å². The van der Waals surface area contributed by atoms with Crippen LogP contribution in [0.5, 0.6) is 0 Å². The number of hydrogen-bond donors (Lipinski definition) is 1. The lowest BCUT2D eigenvalue weighted by atomic mass is 9.85. The molecule has 1 aliphatic heterocycles. The third-order valence-electron chi connectivity index (χ3n) is 6.71. The van der Waals surface area contributed by atoms with Gasteiger partial charge in [0.25, 0.3) is 5.78 Å². The number of aryl methyl sites for hydroxylation is 1. The molecule has 0 unspecified atom stereocenters. The van der Waals surface area contributed by atoms with Crippen LogP contribution < -0.4 is 4.90 Å². The maximum absolute atomic E-state index is 13.5. The van der Waals surface area contributed by atoms with Gasteiger partial charge in [0, 0.05) is 5.56 Å². The van der Waals surface area contributed by atoms with Crippen LogP contribution in [0.4, 0.5) is 9.52 Å². The van der Waals surface area contributed by atoms with E-state index in [1.807, 2.05) is 42.5 Å². The molecule has 4 aromatic rings. The second kappa shape index (κ2) is 9.23. The highest BCUT2D eigenvalue weighted by Crippen LogP contribution is 2.44. The Morgan fingerprint density at radius 1 is 1.03 bits per heavy atom. The Balaban J connectivity index is 1.70. The maximum atomic E-state index is 13.5. The molecule has 0 saturated carbocycles. The van der Waals surface area contributed by atoms with Gasteiger partial charge in [-0.3, -0.25) is 14.5 Å². The summed E-state index contributed by atoms with van der Waals surface area (Å²) in [5, 5.41) is 11.6. The number of fused-ring (bicyclic) bond motifs is 1. The summed E-state index contributed by atoms with van der Waals surface area (Å²) < 4.78 is 14.5. The SMILES string of the molecule is CCc1ccc2nc(N3C(=O)C(=O)C(=C(O)c4ccc(F)cc4)[C@H]3c3ccc(C(C)(C)C)cc3)sc2c1. The molecule has 0 aliphatic carbocycles. The third-order valence-corrected chi connectivity index (χ3v) is 7.73. The van der Waals surface area contributed by atoms with Crippen LogP contribution in [0.2, 0.25) is 0 Å². The summed E-state index contributed by atoms with van der Waals surface area (Å²) in [6.07, 6.45) is 0.867. The lowest BCUT2D eigenvalue weighted by Crippen LogP contribution is -2.29. The van der Waals surface area contributed by atoms with Gasteiger partial charge in [-0.15, -0.1) is 0 Å². The van der Waals surface area contributed by atoms with E-state index in [0.29, 0.717) is 10.7 Å². The zero-order valence-corrected chi connectivity index (χ0v) is 21.9. The van der Waals surface area contributed by atoms with Crippen molar-refractivity contribution >= 4 is 44.1 Å². The van der Waals surface area contributed by atoms with E-state index in [4.69, 9.17) is 0 Å². The number of amides is 1. The van der Waals surface area contributed by atoms with Crippen LogP contribution in [0.3, 0.4) is 0 Å². The lowest BCUT2D eigenvalue weighted by Gasteiger charge is -2.24. The molecule has 1 saturated heterocycles. The predicted molar refractivity (Wildman–Crippen MR) is 145 cm³/mol. The average Bonchev–Trinajstić information content (AvgIpc) is 3.41. The first-order valence-electron chi connectivity index (χ1n) is 12.2. The van der Waals surface area contributed by atoms with E-state index in [9.17, 15) is 19.1 Å². The van der Waals surface area contributed by atoms with Gasteiger partial charge in [-0.25, -0.2) is 9.37 Å². The fourth-order valence-corrected chi connectivity index (χ4v) is 5.61. The summed E-state index contributed by atoms with van der Waals surface area (Å²) in [4.78, 5) is 32.9. The molecule has 1 aliphatic rings. The standard InChI is InChI=1S/C30H27FN2O3S/c1-5-17-6-15-22-23(16-17)37-29(32-22)33-25(18-7-11-20(12-8-18)30(2,3)4)24(27(35)28(33)36)26(34)19-9-13-21(31)14-10-19/h6-16,25,34H,5H2,1-4H3/t25-/m1/s1. The van der Waals surface area contributed by atoms with Crippen molar-refractivity contribution in [1.82, 2.24) is 4.98 Å². The van der Waals surface area contributed by atoms with E-state index >= 15 is 0 Å². The molecule has 5 nitrogen and oxygen atoms in total. The number of benzene rings is 3. The van der Waals surface area contributed by atoms with Gasteiger partial charge in [0.05, 0.1) is 21.8 Å². The molecule has 37 heavy (non-hydrogen) atoms. The normalized spacial score (nSPS) is 17.6. The number of hydrogen-bond acceptors (Lipinski definition) is 5. The molecule has 188 valence electrons. The highest BCUT2D eigenvalue weighted by atomic mass is 32.1. The second-order valence-corrected chi connectivity index (χ2v) is 11.2. The smallest absolute Gasteiger partial charge is 0.301 e. The Morgan fingerprint density at radius 3 is 2.32 bits per heavy atom. The largest absolute Gasteiger partial charge is 0.507 e. The Hall–Kier alpha value is -3.84. The Kier molecular flexibility index (Phi) is 6.20. The minimum Gasteiger partial charge on any atom is -0.507 e. The molecule has 3 aromatic carbocycles. The van der Waals surface area contributed by atoms with E-state index in [-0.39, 0.29) is 22.3 Å². The van der Waals surface area contributed by atoms with Crippen LogP contribution >= 0.6 is 11.3 Å². The fourth-order valence-electron chi connectivity index (χ4n) is 4.55. The van der Waals surface area contributed by atoms with E-state index < -0.39 is 23.5 Å². The van der Waals surface area contributed by atoms with Crippen molar-refractivity contribution in [2.45, 2.75) is 45.6 Å². The summed E-state index contributed by atoms with van der Waals surface area (Å²) in [6, 6.07) is 18.0.